The van der Waals surface area contributed by atoms with Crippen molar-refractivity contribution in [1.29, 1.82) is 0 Å². The summed E-state index contributed by atoms with van der Waals surface area (Å²) in [6.07, 6.45) is 5.22. The number of unbranched alkanes of at least 4 members (excludes halogenated alkanes) is 1. The van der Waals surface area contributed by atoms with Gasteiger partial charge in [0.05, 0.1) is 8.07 Å². The van der Waals surface area contributed by atoms with E-state index in [2.05, 4.69) is 79.3 Å². The first-order chi connectivity index (χ1) is 10.7. The number of hydrogen-bond acceptors (Lipinski definition) is 0. The average Bonchev–Trinajstić information content (AvgIpc) is 2.68. The lowest BCUT2D eigenvalue weighted by molar-refractivity contribution is 0.802. The fraction of sp³-hybridized carbons (Fsp3) is 0.545. The van der Waals surface area contributed by atoms with Crippen LogP contribution in [0.1, 0.15) is 58.6 Å². The summed E-state index contributed by atoms with van der Waals surface area (Å²) in [6, 6.07) is 8.63. The average molecular weight is 327 g/mol. The fourth-order valence-corrected chi connectivity index (χ4v) is 9.55. The van der Waals surface area contributed by atoms with Crippen LogP contribution in [0.15, 0.2) is 41.0 Å². The Morgan fingerprint density at radius 1 is 0.957 bits per heavy atom. The van der Waals surface area contributed by atoms with Gasteiger partial charge in [0.1, 0.15) is 0 Å². The van der Waals surface area contributed by atoms with E-state index in [1.807, 2.05) is 0 Å². The molecule has 1 aliphatic carbocycles. The molecule has 2 unspecified atom stereocenters. The van der Waals surface area contributed by atoms with Crippen LogP contribution < -0.4 is 5.19 Å². The Bertz CT molecular complexity index is 644. The molecule has 0 radical (unpaired) electrons. The summed E-state index contributed by atoms with van der Waals surface area (Å²) in [5.74, 6) is 0. The monoisotopic (exact) mass is 326 g/mol. The Morgan fingerprint density at radius 2 is 1.52 bits per heavy atom. The van der Waals surface area contributed by atoms with Crippen LogP contribution in [0.4, 0.5) is 0 Å². The molecule has 0 amide bonds. The van der Waals surface area contributed by atoms with E-state index in [9.17, 15) is 0 Å². The summed E-state index contributed by atoms with van der Waals surface area (Å²) < 4.78 is 0. The number of rotatable bonds is 5. The minimum absolute atomic E-state index is 0.247. The second-order valence-electron chi connectivity index (χ2n) is 8.09. The van der Waals surface area contributed by atoms with Crippen molar-refractivity contribution in [2.24, 2.45) is 0 Å². The quantitative estimate of drug-likeness (QED) is 0.546. The molecule has 1 aliphatic rings. The largest absolute Gasteiger partial charge is 0.0976 e. The van der Waals surface area contributed by atoms with Gasteiger partial charge in [-0.2, -0.15) is 0 Å². The highest BCUT2D eigenvalue weighted by Crippen LogP contribution is 2.54. The molecular formula is C22H34Si. The first-order valence-electron chi connectivity index (χ1n) is 9.12. The molecule has 0 heterocycles. The van der Waals surface area contributed by atoms with Crippen LogP contribution >= 0.6 is 0 Å². The maximum atomic E-state index is 2.63. The third-order valence-electron chi connectivity index (χ3n) is 6.47. The normalized spacial score (nSPS) is 23.9. The number of aryl methyl sites for hydroxylation is 2. The molecule has 23 heavy (non-hydrogen) atoms. The molecule has 0 nitrogen and oxygen atoms in total. The van der Waals surface area contributed by atoms with Crippen molar-refractivity contribution in [1.82, 2.24) is 0 Å². The molecule has 0 fully saturated rings. The first-order valence-corrected chi connectivity index (χ1v) is 11.8. The highest BCUT2D eigenvalue weighted by atomic mass is 28.3. The van der Waals surface area contributed by atoms with Crippen LogP contribution in [0.2, 0.25) is 17.6 Å². The molecule has 1 heteroatoms. The summed E-state index contributed by atoms with van der Waals surface area (Å²) in [4.78, 5) is 0. The van der Waals surface area contributed by atoms with E-state index in [0.29, 0.717) is 0 Å². The van der Waals surface area contributed by atoms with Crippen molar-refractivity contribution in [3.63, 3.8) is 0 Å². The molecule has 0 N–H and O–H groups in total. The van der Waals surface area contributed by atoms with Gasteiger partial charge in [-0.15, -0.1) is 0 Å². The molecule has 0 saturated heterocycles. The maximum Gasteiger partial charge on any atom is 0.0976 e. The molecule has 2 atom stereocenters. The predicted molar refractivity (Wildman–Crippen MR) is 107 cm³/mol. The van der Waals surface area contributed by atoms with Gasteiger partial charge in [0.25, 0.3) is 0 Å². The van der Waals surface area contributed by atoms with Gasteiger partial charge < -0.3 is 0 Å². The molecule has 2 rings (SSSR count). The molecule has 0 saturated carbocycles. The highest BCUT2D eigenvalue weighted by Gasteiger charge is 2.49. The summed E-state index contributed by atoms with van der Waals surface area (Å²) in [7, 11) is -1.68. The van der Waals surface area contributed by atoms with Crippen molar-refractivity contribution in [3.05, 3.63) is 52.1 Å². The first kappa shape index (κ1) is 18.3. The lowest BCUT2D eigenvalue weighted by atomic mass is 10.0. The molecule has 0 aliphatic heterocycles. The Kier molecular flexibility index (Phi) is 5.11. The van der Waals surface area contributed by atoms with Gasteiger partial charge in [-0.3, -0.25) is 0 Å². The van der Waals surface area contributed by atoms with E-state index in [4.69, 9.17) is 0 Å². The van der Waals surface area contributed by atoms with Crippen LogP contribution in [-0.2, 0) is 0 Å². The van der Waals surface area contributed by atoms with E-state index in [-0.39, 0.29) is 5.04 Å². The van der Waals surface area contributed by atoms with Crippen LogP contribution in [0, 0.1) is 13.8 Å². The van der Waals surface area contributed by atoms with E-state index in [1.165, 1.54) is 41.2 Å². The van der Waals surface area contributed by atoms with Crippen molar-refractivity contribution in [2.45, 2.75) is 78.9 Å². The zero-order valence-corrected chi connectivity index (χ0v) is 17.4. The summed E-state index contributed by atoms with van der Waals surface area (Å²) in [6.45, 7) is 18.9. The number of benzene rings is 1. The predicted octanol–water partition coefficient (Wildman–Crippen LogP) is 6.45. The number of allylic oxidation sites excluding steroid dienone is 4. The Balaban J connectivity index is 2.66. The summed E-state index contributed by atoms with van der Waals surface area (Å²) in [5.41, 5.74) is 7.45. The Hall–Kier alpha value is -1.08. The molecule has 0 bridgehead atoms. The van der Waals surface area contributed by atoms with Crippen LogP contribution in [-0.4, -0.2) is 8.07 Å². The topological polar surface area (TPSA) is 0 Å². The van der Waals surface area contributed by atoms with Gasteiger partial charge in [0.15, 0.2) is 0 Å². The van der Waals surface area contributed by atoms with E-state index < -0.39 is 8.07 Å². The van der Waals surface area contributed by atoms with Crippen molar-refractivity contribution >= 4 is 13.3 Å². The highest BCUT2D eigenvalue weighted by molar-refractivity contribution is 6.94. The van der Waals surface area contributed by atoms with Crippen LogP contribution in [0.25, 0.3) is 0 Å². The smallest absolute Gasteiger partial charge is 0.0737 e. The van der Waals surface area contributed by atoms with Gasteiger partial charge in [-0.25, -0.2) is 0 Å². The van der Waals surface area contributed by atoms with Gasteiger partial charge in [0.2, 0.25) is 0 Å². The van der Waals surface area contributed by atoms with E-state index in [0.717, 1.165) is 0 Å². The molecule has 0 spiro atoms. The van der Waals surface area contributed by atoms with Gasteiger partial charge in [-0.05, 0) is 40.2 Å². The number of hydrogen-bond donors (Lipinski definition) is 0. The van der Waals surface area contributed by atoms with E-state index >= 15 is 0 Å². The van der Waals surface area contributed by atoms with Crippen molar-refractivity contribution in [2.75, 3.05) is 0 Å². The van der Waals surface area contributed by atoms with Crippen molar-refractivity contribution < 1.29 is 0 Å². The minimum atomic E-state index is -1.68. The fourth-order valence-electron chi connectivity index (χ4n) is 4.44. The lowest BCUT2D eigenvalue weighted by Gasteiger charge is -2.44. The molecule has 126 valence electrons. The minimum Gasteiger partial charge on any atom is -0.0737 e. The molecule has 1 aromatic rings. The Labute approximate surface area is 144 Å². The molecule has 1 aromatic carbocycles. The molecular weight excluding hydrogens is 292 g/mol. The standard InChI is InChI=1S/C22H34Si/c1-9-10-11-23(8,21-13-16(2)12-17(3)14-21)22(7)15-18(4)19(5)20(22)6/h12-15H,9-11H2,1-8H3. The van der Waals surface area contributed by atoms with Crippen LogP contribution in [0.3, 0.4) is 0 Å². The third kappa shape index (κ3) is 3.00. The molecule has 0 aromatic heterocycles. The van der Waals surface area contributed by atoms with Crippen LogP contribution in [0.5, 0.6) is 0 Å². The second-order valence-corrected chi connectivity index (χ2v) is 12.9. The third-order valence-corrected chi connectivity index (χ3v) is 12.2. The van der Waals surface area contributed by atoms with Gasteiger partial charge >= 0.3 is 0 Å². The van der Waals surface area contributed by atoms with Crippen molar-refractivity contribution in [3.8, 4) is 0 Å². The summed E-state index contributed by atoms with van der Waals surface area (Å²) >= 11 is 0. The Morgan fingerprint density at radius 3 is 1.96 bits per heavy atom. The maximum absolute atomic E-state index is 2.63. The zero-order valence-electron chi connectivity index (χ0n) is 16.4. The summed E-state index contributed by atoms with van der Waals surface area (Å²) in [5, 5.41) is 1.89. The SMILES string of the molecule is CCCC[Si](C)(c1cc(C)cc(C)c1)C1(C)C=C(C)C(C)=C1C. The van der Waals surface area contributed by atoms with Gasteiger partial charge in [0, 0.05) is 5.04 Å². The zero-order chi connectivity index (χ0) is 17.4. The van der Waals surface area contributed by atoms with Gasteiger partial charge in [-0.1, -0.05) is 91.0 Å². The second kappa shape index (κ2) is 6.43. The lowest BCUT2D eigenvalue weighted by Crippen LogP contribution is -2.54. The van der Waals surface area contributed by atoms with E-state index in [1.54, 1.807) is 10.8 Å².